The van der Waals surface area contributed by atoms with Crippen LogP contribution in [0.2, 0.25) is 0 Å². The van der Waals surface area contributed by atoms with E-state index in [-0.39, 0.29) is 6.04 Å². The molecule has 0 saturated carbocycles. The van der Waals surface area contributed by atoms with Gasteiger partial charge in [0.25, 0.3) is 0 Å². The standard InChI is InChI=1S/C16H20F3N/c1-4-6-13-9-11(2)20(12(13)3)15-8-5-7-14(10-15)16(17,18)19/h5,7,9-10,15H,4,6,8H2,1-3H3. The fourth-order valence-electron chi connectivity index (χ4n) is 2.91. The summed E-state index contributed by atoms with van der Waals surface area (Å²) in [5.74, 6) is 0. The van der Waals surface area contributed by atoms with E-state index >= 15 is 0 Å². The van der Waals surface area contributed by atoms with Crippen LogP contribution in [0.5, 0.6) is 0 Å². The van der Waals surface area contributed by atoms with Crippen LogP contribution in [0, 0.1) is 13.8 Å². The Balaban J connectivity index is 2.38. The SMILES string of the molecule is CCCc1cc(C)n(C2C=C(C(F)(F)F)C=CC2)c1C. The summed E-state index contributed by atoms with van der Waals surface area (Å²) in [6.07, 6.45) is 2.49. The van der Waals surface area contributed by atoms with Gasteiger partial charge >= 0.3 is 6.18 Å². The average Bonchev–Trinajstić information content (AvgIpc) is 2.64. The molecule has 0 fully saturated rings. The van der Waals surface area contributed by atoms with Crippen LogP contribution >= 0.6 is 0 Å². The van der Waals surface area contributed by atoms with Crippen LogP contribution in [-0.4, -0.2) is 10.7 Å². The lowest BCUT2D eigenvalue weighted by molar-refractivity contribution is -0.0888. The molecule has 20 heavy (non-hydrogen) atoms. The van der Waals surface area contributed by atoms with Crippen molar-refractivity contribution >= 4 is 0 Å². The highest BCUT2D eigenvalue weighted by Gasteiger charge is 2.34. The summed E-state index contributed by atoms with van der Waals surface area (Å²) in [5.41, 5.74) is 2.81. The van der Waals surface area contributed by atoms with E-state index in [0.29, 0.717) is 6.42 Å². The van der Waals surface area contributed by atoms with Gasteiger partial charge in [0.15, 0.2) is 0 Å². The number of aromatic nitrogens is 1. The molecule has 1 aromatic rings. The molecule has 2 rings (SSSR count). The van der Waals surface area contributed by atoms with E-state index in [2.05, 4.69) is 13.0 Å². The lowest BCUT2D eigenvalue weighted by Gasteiger charge is -2.23. The van der Waals surface area contributed by atoms with Gasteiger partial charge in [-0.1, -0.05) is 25.5 Å². The molecule has 1 aliphatic carbocycles. The number of hydrogen-bond donors (Lipinski definition) is 0. The number of alkyl halides is 3. The molecule has 0 N–H and O–H groups in total. The van der Waals surface area contributed by atoms with Gasteiger partial charge < -0.3 is 4.57 Å². The lowest BCUT2D eigenvalue weighted by atomic mass is 10.0. The molecule has 0 spiro atoms. The predicted octanol–water partition coefficient (Wildman–Crippen LogP) is 5.05. The fourth-order valence-corrected chi connectivity index (χ4v) is 2.91. The van der Waals surface area contributed by atoms with Crippen molar-refractivity contribution in [2.75, 3.05) is 0 Å². The smallest absolute Gasteiger partial charge is 0.342 e. The van der Waals surface area contributed by atoms with Gasteiger partial charge in [0, 0.05) is 11.4 Å². The van der Waals surface area contributed by atoms with E-state index in [1.54, 1.807) is 6.08 Å². The maximum atomic E-state index is 12.8. The summed E-state index contributed by atoms with van der Waals surface area (Å²) in [6, 6.07) is 1.86. The van der Waals surface area contributed by atoms with Gasteiger partial charge in [-0.25, -0.2) is 0 Å². The maximum Gasteiger partial charge on any atom is 0.416 e. The molecule has 0 amide bonds. The minimum atomic E-state index is -4.27. The van der Waals surface area contributed by atoms with E-state index in [9.17, 15) is 13.2 Å². The molecule has 1 unspecified atom stereocenters. The Labute approximate surface area is 117 Å². The van der Waals surface area contributed by atoms with Crippen molar-refractivity contribution in [3.8, 4) is 0 Å². The van der Waals surface area contributed by atoms with Gasteiger partial charge in [0.05, 0.1) is 11.6 Å². The van der Waals surface area contributed by atoms with Gasteiger partial charge in [-0.15, -0.1) is 0 Å². The predicted molar refractivity (Wildman–Crippen MR) is 74.8 cm³/mol. The molecule has 1 atom stereocenters. The topological polar surface area (TPSA) is 4.93 Å². The van der Waals surface area contributed by atoms with Crippen LogP contribution in [0.15, 0.2) is 29.9 Å². The molecule has 0 aliphatic heterocycles. The van der Waals surface area contributed by atoms with Crippen LogP contribution in [0.4, 0.5) is 13.2 Å². The van der Waals surface area contributed by atoms with E-state index in [0.717, 1.165) is 24.2 Å². The molecule has 0 saturated heterocycles. The Hall–Kier alpha value is -1.45. The first-order valence-electron chi connectivity index (χ1n) is 6.97. The van der Waals surface area contributed by atoms with Crippen molar-refractivity contribution < 1.29 is 13.2 Å². The zero-order valence-corrected chi connectivity index (χ0v) is 12.1. The van der Waals surface area contributed by atoms with Crippen molar-refractivity contribution in [2.45, 2.75) is 52.3 Å². The number of rotatable bonds is 3. The molecule has 1 nitrogen and oxygen atoms in total. The second-order valence-corrected chi connectivity index (χ2v) is 5.34. The normalized spacial score (nSPS) is 19.3. The third kappa shape index (κ3) is 2.84. The van der Waals surface area contributed by atoms with Crippen LogP contribution in [0.25, 0.3) is 0 Å². The first kappa shape index (κ1) is 14.9. The molecule has 0 aromatic carbocycles. The minimum Gasteiger partial charge on any atom is -0.342 e. The van der Waals surface area contributed by atoms with Crippen LogP contribution < -0.4 is 0 Å². The largest absolute Gasteiger partial charge is 0.416 e. The van der Waals surface area contributed by atoms with Gasteiger partial charge in [0.2, 0.25) is 0 Å². The van der Waals surface area contributed by atoms with Crippen LogP contribution in [0.1, 0.15) is 42.8 Å². The Morgan fingerprint density at radius 2 is 2.00 bits per heavy atom. The first-order chi connectivity index (χ1) is 9.34. The number of halogens is 3. The Kier molecular flexibility index (Phi) is 4.11. The third-order valence-corrected chi connectivity index (χ3v) is 3.81. The van der Waals surface area contributed by atoms with Crippen LogP contribution in [0.3, 0.4) is 0 Å². The number of hydrogen-bond acceptors (Lipinski definition) is 0. The first-order valence-corrected chi connectivity index (χ1v) is 6.97. The summed E-state index contributed by atoms with van der Waals surface area (Å²) in [7, 11) is 0. The monoisotopic (exact) mass is 283 g/mol. The molecule has 1 aliphatic rings. The molecular weight excluding hydrogens is 263 g/mol. The highest BCUT2D eigenvalue weighted by Crippen LogP contribution is 2.34. The second-order valence-electron chi connectivity index (χ2n) is 5.34. The van der Waals surface area contributed by atoms with Gasteiger partial charge in [0.1, 0.15) is 0 Å². The summed E-state index contributed by atoms with van der Waals surface area (Å²) in [4.78, 5) is 0. The maximum absolute atomic E-state index is 12.8. The molecule has 1 aromatic heterocycles. The molecular formula is C16H20F3N. The van der Waals surface area contributed by atoms with Gasteiger partial charge in [-0.05, 0) is 44.4 Å². The van der Waals surface area contributed by atoms with E-state index in [1.165, 1.54) is 17.7 Å². The quantitative estimate of drug-likeness (QED) is 0.731. The van der Waals surface area contributed by atoms with Gasteiger partial charge in [-0.2, -0.15) is 13.2 Å². The highest BCUT2D eigenvalue weighted by atomic mass is 19.4. The summed E-state index contributed by atoms with van der Waals surface area (Å²) in [5, 5.41) is 0. The van der Waals surface area contributed by atoms with Crippen molar-refractivity contribution in [2.24, 2.45) is 0 Å². The zero-order chi connectivity index (χ0) is 14.9. The van der Waals surface area contributed by atoms with E-state index < -0.39 is 11.7 Å². The van der Waals surface area contributed by atoms with Crippen LogP contribution in [-0.2, 0) is 6.42 Å². The van der Waals surface area contributed by atoms with Crippen molar-refractivity contribution in [1.29, 1.82) is 0 Å². The Morgan fingerprint density at radius 3 is 2.60 bits per heavy atom. The average molecular weight is 283 g/mol. The zero-order valence-electron chi connectivity index (χ0n) is 12.1. The van der Waals surface area contributed by atoms with Crippen molar-refractivity contribution in [1.82, 2.24) is 4.57 Å². The summed E-state index contributed by atoms with van der Waals surface area (Å²) >= 11 is 0. The summed E-state index contributed by atoms with van der Waals surface area (Å²) in [6.45, 7) is 6.07. The van der Waals surface area contributed by atoms with Gasteiger partial charge in [-0.3, -0.25) is 0 Å². The van der Waals surface area contributed by atoms with Crippen molar-refractivity contribution in [3.63, 3.8) is 0 Å². The number of allylic oxidation sites excluding steroid dienone is 4. The molecule has 4 heteroatoms. The highest BCUT2D eigenvalue weighted by molar-refractivity contribution is 5.33. The molecule has 0 radical (unpaired) electrons. The Morgan fingerprint density at radius 1 is 1.30 bits per heavy atom. The summed E-state index contributed by atoms with van der Waals surface area (Å²) < 4.78 is 40.5. The Bertz CT molecular complexity index is 547. The van der Waals surface area contributed by atoms with E-state index in [1.807, 2.05) is 18.4 Å². The van der Waals surface area contributed by atoms with Crippen molar-refractivity contribution in [3.05, 3.63) is 46.8 Å². The molecule has 1 heterocycles. The number of aryl methyl sites for hydroxylation is 2. The second kappa shape index (κ2) is 5.51. The molecule has 0 bridgehead atoms. The third-order valence-electron chi connectivity index (χ3n) is 3.81. The van der Waals surface area contributed by atoms with E-state index in [4.69, 9.17) is 0 Å². The minimum absolute atomic E-state index is 0.234. The molecule has 110 valence electrons. The number of nitrogens with zero attached hydrogens (tertiary/aromatic N) is 1. The lowest BCUT2D eigenvalue weighted by Crippen LogP contribution is -2.17. The fraction of sp³-hybridized carbons (Fsp3) is 0.500.